The van der Waals surface area contributed by atoms with Crippen molar-refractivity contribution in [1.29, 1.82) is 0 Å². The van der Waals surface area contributed by atoms with Gasteiger partial charge in [0.05, 0.1) is 4.91 Å². The molecule has 198 valence electrons. The van der Waals surface area contributed by atoms with Gasteiger partial charge in [-0.25, -0.2) is 4.79 Å². The number of imide groups is 1. The number of hydrogen-bond donors (Lipinski definition) is 1. The van der Waals surface area contributed by atoms with Crippen LogP contribution in [0.25, 0.3) is 28.3 Å². The van der Waals surface area contributed by atoms with Crippen LogP contribution in [0.2, 0.25) is 0 Å². The van der Waals surface area contributed by atoms with Gasteiger partial charge in [0, 0.05) is 19.5 Å². The Labute approximate surface area is 236 Å². The normalized spacial score (nSPS) is 15.1. The highest BCUT2D eigenvalue weighted by atomic mass is 32.2. The van der Waals surface area contributed by atoms with Crippen molar-refractivity contribution in [3.05, 3.63) is 124 Å². The molecular formula is C33H26N2O4S. The summed E-state index contributed by atoms with van der Waals surface area (Å²) in [5.74, 6) is -0.346. The number of rotatable bonds is 6. The van der Waals surface area contributed by atoms with E-state index in [1.807, 2.05) is 66.7 Å². The van der Waals surface area contributed by atoms with Crippen LogP contribution in [0.3, 0.4) is 0 Å². The largest absolute Gasteiger partial charge is 0.448 e. The molecule has 40 heavy (non-hydrogen) atoms. The van der Waals surface area contributed by atoms with E-state index in [1.54, 1.807) is 18.0 Å². The van der Waals surface area contributed by atoms with Crippen LogP contribution in [0.5, 0.6) is 0 Å². The maximum absolute atomic E-state index is 13.0. The molecule has 3 amide bonds. The number of carbonyl (C=O) groups is 3. The van der Waals surface area contributed by atoms with E-state index >= 15 is 0 Å². The summed E-state index contributed by atoms with van der Waals surface area (Å²) in [5.41, 5.74) is 8.62. The number of hydrogen-bond acceptors (Lipinski definition) is 5. The van der Waals surface area contributed by atoms with Gasteiger partial charge in [-0.05, 0) is 68.4 Å². The Hall–Kier alpha value is -4.62. The Bertz CT molecular complexity index is 1620. The number of ether oxygens (including phenoxy) is 1. The van der Waals surface area contributed by atoms with E-state index in [2.05, 4.69) is 35.6 Å². The monoisotopic (exact) mass is 546 g/mol. The predicted octanol–water partition coefficient (Wildman–Crippen LogP) is 7.06. The number of nitrogens with zero attached hydrogens (tertiary/aromatic N) is 1. The fourth-order valence-electron chi connectivity index (χ4n) is 5.24. The molecule has 2 aliphatic rings. The standard InChI is InChI=1S/C33H26N2O4S/c1-35(33(38)39-20-29-27-11-4-2-9-25(27)26-10-3-5-12-28(26)29)19-22-7-6-8-24(17-22)23-15-13-21(14-16-23)18-30-31(36)34-32(37)40-30/h2-18,29H,19-20H2,1H3,(H,34,36,37). The molecule has 1 aliphatic carbocycles. The van der Waals surface area contributed by atoms with Crippen LogP contribution < -0.4 is 5.32 Å². The molecule has 0 atom stereocenters. The van der Waals surface area contributed by atoms with Gasteiger partial charge in [-0.1, -0.05) is 91.0 Å². The zero-order valence-electron chi connectivity index (χ0n) is 21.8. The van der Waals surface area contributed by atoms with Crippen molar-refractivity contribution < 1.29 is 19.1 Å². The highest BCUT2D eigenvalue weighted by Gasteiger charge is 2.29. The number of nitrogens with one attached hydrogen (secondary N) is 1. The number of carbonyl (C=O) groups excluding carboxylic acids is 3. The molecule has 0 saturated carbocycles. The van der Waals surface area contributed by atoms with Crippen LogP contribution in [0.4, 0.5) is 9.59 Å². The molecular weight excluding hydrogens is 520 g/mol. The first kappa shape index (κ1) is 25.6. The molecule has 1 fully saturated rings. The van der Waals surface area contributed by atoms with Gasteiger partial charge in [-0.15, -0.1) is 0 Å². The number of fused-ring (bicyclic) bond motifs is 3. The van der Waals surface area contributed by atoms with Gasteiger partial charge in [-0.3, -0.25) is 14.9 Å². The van der Waals surface area contributed by atoms with E-state index in [1.165, 1.54) is 22.3 Å². The molecule has 0 radical (unpaired) electrons. The van der Waals surface area contributed by atoms with Crippen LogP contribution in [0, 0.1) is 0 Å². The zero-order valence-corrected chi connectivity index (χ0v) is 22.6. The third-order valence-corrected chi connectivity index (χ3v) is 7.99. The Morgan fingerprint density at radius 1 is 0.875 bits per heavy atom. The average molecular weight is 547 g/mol. The number of benzene rings is 4. The fourth-order valence-corrected chi connectivity index (χ4v) is 5.92. The van der Waals surface area contributed by atoms with Crippen LogP contribution in [0.1, 0.15) is 28.2 Å². The highest BCUT2D eigenvalue weighted by molar-refractivity contribution is 8.18. The lowest BCUT2D eigenvalue weighted by molar-refractivity contribution is -0.115. The Morgan fingerprint density at radius 3 is 2.20 bits per heavy atom. The third-order valence-electron chi connectivity index (χ3n) is 7.18. The maximum Gasteiger partial charge on any atom is 0.409 e. The molecule has 6 rings (SSSR count). The van der Waals surface area contributed by atoms with Gasteiger partial charge in [0.1, 0.15) is 6.61 Å². The molecule has 6 nitrogen and oxygen atoms in total. The summed E-state index contributed by atoms with van der Waals surface area (Å²) in [6.07, 6.45) is 1.34. The summed E-state index contributed by atoms with van der Waals surface area (Å²) in [4.78, 5) is 38.1. The molecule has 0 aromatic heterocycles. The second-order valence-electron chi connectivity index (χ2n) is 9.83. The SMILES string of the molecule is CN(Cc1cccc(-c2ccc(C=C3SC(=O)NC3=O)cc2)c1)C(=O)OCC1c2ccccc2-c2ccccc21. The molecule has 1 N–H and O–H groups in total. The lowest BCUT2D eigenvalue weighted by Gasteiger charge is -2.20. The van der Waals surface area contributed by atoms with Gasteiger partial charge in [0.25, 0.3) is 11.1 Å². The highest BCUT2D eigenvalue weighted by Crippen LogP contribution is 2.44. The van der Waals surface area contributed by atoms with E-state index in [4.69, 9.17) is 4.74 Å². The van der Waals surface area contributed by atoms with E-state index in [-0.39, 0.29) is 29.8 Å². The summed E-state index contributed by atoms with van der Waals surface area (Å²) in [5, 5.41) is 1.91. The third kappa shape index (κ3) is 5.16. The number of amides is 3. The van der Waals surface area contributed by atoms with Gasteiger partial charge in [0.2, 0.25) is 0 Å². The van der Waals surface area contributed by atoms with Crippen molar-refractivity contribution in [2.45, 2.75) is 12.5 Å². The molecule has 1 heterocycles. The van der Waals surface area contributed by atoms with E-state index < -0.39 is 0 Å². The smallest absolute Gasteiger partial charge is 0.409 e. The van der Waals surface area contributed by atoms with Crippen molar-refractivity contribution in [1.82, 2.24) is 10.2 Å². The maximum atomic E-state index is 13.0. The first-order valence-electron chi connectivity index (χ1n) is 13.0. The topological polar surface area (TPSA) is 75.7 Å². The summed E-state index contributed by atoms with van der Waals surface area (Å²) in [6.45, 7) is 0.698. The van der Waals surface area contributed by atoms with Crippen LogP contribution in [-0.2, 0) is 16.1 Å². The minimum atomic E-state index is -0.368. The molecule has 4 aromatic rings. The molecule has 0 unspecified atom stereocenters. The van der Waals surface area contributed by atoms with Gasteiger partial charge < -0.3 is 9.64 Å². The molecule has 4 aromatic carbocycles. The molecule has 1 saturated heterocycles. The van der Waals surface area contributed by atoms with Crippen molar-refractivity contribution in [2.75, 3.05) is 13.7 Å². The summed E-state index contributed by atoms with van der Waals surface area (Å²) >= 11 is 0.903. The Kier molecular flexibility index (Phi) is 6.97. The minimum Gasteiger partial charge on any atom is -0.448 e. The van der Waals surface area contributed by atoms with Gasteiger partial charge in [0.15, 0.2) is 0 Å². The summed E-state index contributed by atoms with van der Waals surface area (Å²) in [6, 6.07) is 32.4. The summed E-state index contributed by atoms with van der Waals surface area (Å²) < 4.78 is 5.80. The van der Waals surface area contributed by atoms with Crippen molar-refractivity contribution in [3.63, 3.8) is 0 Å². The van der Waals surface area contributed by atoms with E-state index in [0.29, 0.717) is 11.4 Å². The van der Waals surface area contributed by atoms with Crippen LogP contribution in [0.15, 0.2) is 102 Å². The average Bonchev–Trinajstić information content (AvgIpc) is 3.47. The zero-order chi connectivity index (χ0) is 27.6. The van der Waals surface area contributed by atoms with E-state index in [0.717, 1.165) is 34.0 Å². The van der Waals surface area contributed by atoms with Crippen molar-refractivity contribution in [2.24, 2.45) is 0 Å². The van der Waals surface area contributed by atoms with Crippen LogP contribution >= 0.6 is 11.8 Å². The lowest BCUT2D eigenvalue weighted by Crippen LogP contribution is -2.28. The molecule has 0 spiro atoms. The minimum absolute atomic E-state index is 0.0221. The van der Waals surface area contributed by atoms with Gasteiger partial charge in [-0.2, -0.15) is 0 Å². The Balaban J connectivity index is 1.10. The van der Waals surface area contributed by atoms with Gasteiger partial charge >= 0.3 is 6.09 Å². The van der Waals surface area contributed by atoms with E-state index in [9.17, 15) is 14.4 Å². The lowest BCUT2D eigenvalue weighted by atomic mass is 9.98. The second kappa shape index (κ2) is 10.9. The summed E-state index contributed by atoms with van der Waals surface area (Å²) in [7, 11) is 1.75. The first-order valence-corrected chi connectivity index (χ1v) is 13.8. The molecule has 0 bridgehead atoms. The van der Waals surface area contributed by atoms with Crippen LogP contribution in [-0.4, -0.2) is 35.8 Å². The Morgan fingerprint density at radius 2 is 1.55 bits per heavy atom. The van der Waals surface area contributed by atoms with Crippen molar-refractivity contribution >= 4 is 35.1 Å². The quantitative estimate of drug-likeness (QED) is 0.262. The predicted molar refractivity (Wildman–Crippen MR) is 158 cm³/mol. The molecule has 1 aliphatic heterocycles. The second-order valence-corrected chi connectivity index (χ2v) is 10.8. The van der Waals surface area contributed by atoms with Crippen molar-refractivity contribution in [3.8, 4) is 22.3 Å². The first-order chi connectivity index (χ1) is 19.5. The molecule has 7 heteroatoms. The number of thioether (sulfide) groups is 1. The fraction of sp³-hybridized carbons (Fsp3) is 0.121.